The van der Waals surface area contributed by atoms with Gasteiger partial charge in [-0.05, 0) is 74.1 Å². The Morgan fingerprint density at radius 1 is 0.455 bits per heavy atom. The van der Waals surface area contributed by atoms with Gasteiger partial charge in [0.2, 0.25) is 0 Å². The predicted molar refractivity (Wildman–Crippen MR) is 240 cm³/mol. The Hall–Kier alpha value is -6.66. The Kier molecular flexibility index (Phi) is 6.53. The molecular weight excluding hydrogens is 707 g/mol. The van der Waals surface area contributed by atoms with Gasteiger partial charge >= 0.3 is 0 Å². The Morgan fingerprint density at radius 3 is 1.80 bits per heavy atom. The van der Waals surface area contributed by atoms with Gasteiger partial charge < -0.3 is 0 Å². The van der Waals surface area contributed by atoms with Crippen LogP contribution >= 0.6 is 22.7 Å². The fraction of sp³-hybridized carbons (Fsp3) is 0. The van der Waals surface area contributed by atoms with E-state index in [1.165, 1.54) is 74.0 Å². The Balaban J connectivity index is 1.13. The number of rotatable bonds is 4. The number of nitrogens with zero attached hydrogens (tertiary/aromatic N) is 2. The molecule has 55 heavy (non-hydrogen) atoms. The second-order valence-electron chi connectivity index (χ2n) is 14.2. The van der Waals surface area contributed by atoms with Gasteiger partial charge in [-0.25, -0.2) is 4.99 Å². The van der Waals surface area contributed by atoms with Crippen LogP contribution in [-0.2, 0) is 0 Å². The average Bonchev–Trinajstić information content (AvgIpc) is 3.92. The maximum absolute atomic E-state index is 9.65. The van der Waals surface area contributed by atoms with Gasteiger partial charge in [-0.2, -0.15) is 0 Å². The Labute approximate surface area is 323 Å². The van der Waals surface area contributed by atoms with E-state index in [1.54, 1.807) is 22.7 Å². The summed E-state index contributed by atoms with van der Waals surface area (Å²) in [6, 6.07) is 58.8. The van der Waals surface area contributed by atoms with Crippen molar-refractivity contribution in [2.24, 2.45) is 4.99 Å². The molecule has 0 atom stereocenters. The highest BCUT2D eigenvalue weighted by molar-refractivity contribution is 7.25. The lowest BCUT2D eigenvalue weighted by Crippen LogP contribution is -2.00. The summed E-state index contributed by atoms with van der Waals surface area (Å²) in [5, 5.41) is 25.6. The molecule has 0 saturated heterocycles. The fourth-order valence-corrected chi connectivity index (χ4v) is 11.1. The summed E-state index contributed by atoms with van der Waals surface area (Å²) in [6.07, 6.45) is 2.00. The van der Waals surface area contributed by atoms with Crippen LogP contribution < -0.4 is 0 Å². The van der Waals surface area contributed by atoms with Crippen molar-refractivity contribution < 1.29 is 0 Å². The largest absolute Gasteiger partial charge is 0.300 e. The molecule has 3 heterocycles. The van der Waals surface area contributed by atoms with Crippen LogP contribution in [0.3, 0.4) is 0 Å². The van der Waals surface area contributed by atoms with Crippen LogP contribution in [0.5, 0.6) is 0 Å². The maximum atomic E-state index is 9.65. The zero-order valence-corrected chi connectivity index (χ0v) is 31.0. The molecule has 256 valence electrons. The van der Waals surface area contributed by atoms with E-state index in [2.05, 4.69) is 168 Å². The molecule has 0 spiro atoms. The monoisotopic (exact) mass is 735 g/mol. The summed E-state index contributed by atoms with van der Waals surface area (Å²) in [7, 11) is 0. The number of benzene rings is 9. The molecule has 12 aromatic rings. The van der Waals surface area contributed by atoms with Crippen LogP contribution in [-0.4, -0.2) is 16.6 Å². The SMILES string of the molecule is N=C(c1ccc2sc3ccccc3c2c1)c1sc2ccccc2c1N=Cn1c2ccc3ccccc3c2c2c3c4ccccc4c4ccccc4c3ccc21. The molecule has 0 fully saturated rings. The molecule has 0 aliphatic rings. The van der Waals surface area contributed by atoms with E-state index >= 15 is 0 Å². The van der Waals surface area contributed by atoms with E-state index in [0.29, 0.717) is 5.71 Å². The van der Waals surface area contributed by atoms with E-state index in [0.717, 1.165) is 37.2 Å². The first kappa shape index (κ1) is 30.8. The molecule has 12 rings (SSSR count). The second-order valence-corrected chi connectivity index (χ2v) is 16.4. The predicted octanol–water partition coefficient (Wildman–Crippen LogP) is 14.6. The van der Waals surface area contributed by atoms with Crippen LogP contribution in [0.1, 0.15) is 10.4 Å². The molecule has 9 aromatic carbocycles. The quantitative estimate of drug-likeness (QED) is 0.106. The highest BCUT2D eigenvalue weighted by atomic mass is 32.1. The number of aliphatic imine (C=N–C) groups is 1. The van der Waals surface area contributed by atoms with Crippen LogP contribution in [0, 0.1) is 5.41 Å². The summed E-state index contributed by atoms with van der Waals surface area (Å²) >= 11 is 3.44. The van der Waals surface area contributed by atoms with Crippen LogP contribution in [0.2, 0.25) is 0 Å². The molecule has 0 bridgehead atoms. The van der Waals surface area contributed by atoms with Crippen LogP contribution in [0.15, 0.2) is 169 Å². The van der Waals surface area contributed by atoms with Crippen molar-refractivity contribution in [1.29, 1.82) is 5.41 Å². The van der Waals surface area contributed by atoms with Crippen LogP contribution in [0.25, 0.3) is 95.2 Å². The standard InChI is InChI=1S/C50H29N3S2/c51-48(30-22-26-44-39(27-30)35-16-7-9-19-42(35)54-44)50-49(38-18-8-10-20-43(38)55-50)52-28-53-40-24-21-29-11-1-2-12-31(29)46(40)47-41(53)25-23-37-34-15-4-3-13-32(34)33-14-5-6-17-36(33)45(37)47/h1-28,51H. The molecule has 0 amide bonds. The Morgan fingerprint density at radius 2 is 1.02 bits per heavy atom. The summed E-state index contributed by atoms with van der Waals surface area (Å²) in [5.41, 5.74) is 4.42. The van der Waals surface area contributed by atoms with Crippen molar-refractivity contribution in [2.45, 2.75) is 0 Å². The van der Waals surface area contributed by atoms with Crippen molar-refractivity contribution in [3.05, 3.63) is 174 Å². The van der Waals surface area contributed by atoms with Gasteiger partial charge in [0.05, 0.1) is 27.3 Å². The van der Waals surface area contributed by atoms with Gasteiger partial charge in [0.1, 0.15) is 6.34 Å². The zero-order valence-electron chi connectivity index (χ0n) is 29.4. The molecule has 0 aliphatic carbocycles. The van der Waals surface area contributed by atoms with Crippen molar-refractivity contribution in [3.8, 4) is 0 Å². The number of fused-ring (bicyclic) bond motifs is 16. The highest BCUT2D eigenvalue weighted by Crippen LogP contribution is 2.45. The summed E-state index contributed by atoms with van der Waals surface area (Å²) < 4.78 is 5.89. The smallest absolute Gasteiger partial charge is 0.100 e. The lowest BCUT2D eigenvalue weighted by atomic mass is 9.91. The molecule has 3 nitrogen and oxygen atoms in total. The molecule has 0 unspecified atom stereocenters. The average molecular weight is 736 g/mol. The molecule has 5 heteroatoms. The van der Waals surface area contributed by atoms with Crippen molar-refractivity contribution >= 4 is 136 Å². The number of hydrogen-bond donors (Lipinski definition) is 1. The molecule has 0 radical (unpaired) electrons. The first-order chi connectivity index (χ1) is 27.2. The third-order valence-electron chi connectivity index (χ3n) is 11.3. The molecular formula is C50H29N3S2. The van der Waals surface area contributed by atoms with Gasteiger partial charge in [0, 0.05) is 52.0 Å². The van der Waals surface area contributed by atoms with E-state index in [9.17, 15) is 5.41 Å². The first-order valence-electron chi connectivity index (χ1n) is 18.4. The van der Waals surface area contributed by atoms with Gasteiger partial charge in [0.15, 0.2) is 0 Å². The van der Waals surface area contributed by atoms with Gasteiger partial charge in [-0.15, -0.1) is 22.7 Å². The third kappa shape index (κ3) is 4.42. The zero-order chi connectivity index (χ0) is 36.2. The lowest BCUT2D eigenvalue weighted by Gasteiger charge is -2.12. The van der Waals surface area contributed by atoms with Crippen molar-refractivity contribution in [1.82, 2.24) is 4.57 Å². The van der Waals surface area contributed by atoms with Gasteiger partial charge in [0.25, 0.3) is 0 Å². The van der Waals surface area contributed by atoms with E-state index in [4.69, 9.17) is 4.99 Å². The van der Waals surface area contributed by atoms with E-state index < -0.39 is 0 Å². The second kappa shape index (κ2) is 11.7. The van der Waals surface area contributed by atoms with Gasteiger partial charge in [-0.1, -0.05) is 127 Å². The minimum atomic E-state index is 0.489. The van der Waals surface area contributed by atoms with E-state index in [1.807, 2.05) is 6.34 Å². The fourth-order valence-electron chi connectivity index (χ4n) is 8.87. The van der Waals surface area contributed by atoms with Crippen LogP contribution in [0.4, 0.5) is 5.69 Å². The summed E-state index contributed by atoms with van der Waals surface area (Å²) in [4.78, 5) is 6.23. The number of thiophene rings is 2. The summed E-state index contributed by atoms with van der Waals surface area (Å²) in [6.45, 7) is 0. The van der Waals surface area contributed by atoms with Gasteiger partial charge in [-0.3, -0.25) is 9.98 Å². The minimum absolute atomic E-state index is 0.489. The first-order valence-corrected chi connectivity index (χ1v) is 20.1. The molecule has 1 N–H and O–H groups in total. The van der Waals surface area contributed by atoms with Crippen molar-refractivity contribution in [3.63, 3.8) is 0 Å². The number of aromatic nitrogens is 1. The third-order valence-corrected chi connectivity index (χ3v) is 13.7. The maximum Gasteiger partial charge on any atom is 0.100 e. The molecule has 3 aromatic heterocycles. The minimum Gasteiger partial charge on any atom is -0.300 e. The number of nitrogens with one attached hydrogen (secondary N) is 1. The normalized spacial score (nSPS) is 12.4. The lowest BCUT2D eigenvalue weighted by molar-refractivity contribution is 1.31. The van der Waals surface area contributed by atoms with E-state index in [-0.39, 0.29) is 0 Å². The molecule has 0 aliphatic heterocycles. The number of hydrogen-bond acceptors (Lipinski definition) is 4. The topological polar surface area (TPSA) is 41.1 Å². The highest BCUT2D eigenvalue weighted by Gasteiger charge is 2.21. The summed E-state index contributed by atoms with van der Waals surface area (Å²) in [5.74, 6) is 0. The van der Waals surface area contributed by atoms with Crippen molar-refractivity contribution in [2.75, 3.05) is 0 Å². The molecule has 0 saturated carbocycles. The Bertz CT molecular complexity index is 3600.